The summed E-state index contributed by atoms with van der Waals surface area (Å²) in [5.74, 6) is 1.35. The predicted octanol–water partition coefficient (Wildman–Crippen LogP) is 1.76. The van der Waals surface area contributed by atoms with Gasteiger partial charge in [0.05, 0.1) is 6.54 Å². The van der Waals surface area contributed by atoms with Crippen LogP contribution in [0.25, 0.3) is 0 Å². The van der Waals surface area contributed by atoms with E-state index in [1.165, 1.54) is 12.8 Å². The van der Waals surface area contributed by atoms with Gasteiger partial charge in [0, 0.05) is 19.0 Å². The van der Waals surface area contributed by atoms with Crippen LogP contribution in [0.15, 0.2) is 4.52 Å². The predicted molar refractivity (Wildman–Crippen MR) is 69.8 cm³/mol. The maximum atomic E-state index is 12.0. The maximum absolute atomic E-state index is 12.0. The van der Waals surface area contributed by atoms with Crippen LogP contribution in [0.1, 0.15) is 50.3 Å². The number of carbonyl (C=O) groups excluding carboxylic acids is 1. The van der Waals surface area contributed by atoms with E-state index in [1.54, 1.807) is 0 Å². The molecule has 2 heterocycles. The van der Waals surface area contributed by atoms with Crippen molar-refractivity contribution >= 4 is 11.9 Å². The summed E-state index contributed by atoms with van der Waals surface area (Å²) in [5.41, 5.74) is 0. The van der Waals surface area contributed by atoms with Crippen molar-refractivity contribution in [1.29, 1.82) is 0 Å². The first kappa shape index (κ1) is 12.4. The van der Waals surface area contributed by atoms with Crippen LogP contribution < -0.4 is 5.32 Å². The van der Waals surface area contributed by atoms with Gasteiger partial charge in [-0.05, 0) is 32.1 Å². The summed E-state index contributed by atoms with van der Waals surface area (Å²) >= 11 is 0. The Morgan fingerprint density at radius 1 is 1.26 bits per heavy atom. The standard InChI is InChI=1S/C13H20N4O2/c18-11(17-7-2-1-3-8-17)9-14-13-15-12(16-19-13)10-5-4-6-10/h10H,1-9H2,(H,14,15,16). The molecule has 1 aliphatic carbocycles. The highest BCUT2D eigenvalue weighted by Crippen LogP contribution is 2.34. The number of aromatic nitrogens is 2. The summed E-state index contributed by atoms with van der Waals surface area (Å²) in [5, 5.41) is 6.89. The number of likely N-dealkylation sites (tertiary alicyclic amines) is 1. The second-order valence-corrected chi connectivity index (χ2v) is 5.38. The fraction of sp³-hybridized carbons (Fsp3) is 0.769. The lowest BCUT2D eigenvalue weighted by molar-refractivity contribution is -0.130. The molecule has 0 atom stereocenters. The number of carbonyl (C=O) groups is 1. The zero-order valence-corrected chi connectivity index (χ0v) is 11.1. The molecule has 0 radical (unpaired) electrons. The molecule has 1 saturated heterocycles. The number of anilines is 1. The van der Waals surface area contributed by atoms with Crippen molar-refractivity contribution in [2.45, 2.75) is 44.4 Å². The van der Waals surface area contributed by atoms with Crippen molar-refractivity contribution in [1.82, 2.24) is 15.0 Å². The van der Waals surface area contributed by atoms with E-state index >= 15 is 0 Å². The molecule has 1 saturated carbocycles. The van der Waals surface area contributed by atoms with Crippen LogP contribution in [-0.4, -0.2) is 40.6 Å². The SMILES string of the molecule is O=C(CNc1nc(C2CCC2)no1)N1CCCCC1. The van der Waals surface area contributed by atoms with E-state index in [9.17, 15) is 4.79 Å². The third-order valence-electron chi connectivity index (χ3n) is 4.01. The van der Waals surface area contributed by atoms with Gasteiger partial charge >= 0.3 is 6.01 Å². The van der Waals surface area contributed by atoms with E-state index in [0.29, 0.717) is 11.9 Å². The summed E-state index contributed by atoms with van der Waals surface area (Å²) in [6, 6.07) is 0.368. The van der Waals surface area contributed by atoms with Crippen molar-refractivity contribution in [3.8, 4) is 0 Å². The van der Waals surface area contributed by atoms with Gasteiger partial charge < -0.3 is 14.7 Å². The van der Waals surface area contributed by atoms with Crippen molar-refractivity contribution in [2.24, 2.45) is 0 Å². The van der Waals surface area contributed by atoms with Gasteiger partial charge in [0.1, 0.15) is 0 Å². The first-order valence-electron chi connectivity index (χ1n) is 7.18. The molecule has 1 N–H and O–H groups in total. The Bertz CT molecular complexity index is 436. The minimum atomic E-state index is 0.114. The lowest BCUT2D eigenvalue weighted by Gasteiger charge is -2.26. The number of hydrogen-bond donors (Lipinski definition) is 1. The summed E-state index contributed by atoms with van der Waals surface area (Å²) in [7, 11) is 0. The molecule has 1 aromatic heterocycles. The molecule has 104 valence electrons. The molecule has 0 spiro atoms. The van der Waals surface area contributed by atoms with Gasteiger partial charge in [-0.3, -0.25) is 4.79 Å². The van der Waals surface area contributed by atoms with Crippen molar-refractivity contribution in [3.05, 3.63) is 5.82 Å². The van der Waals surface area contributed by atoms with Gasteiger partial charge in [0.2, 0.25) is 5.91 Å². The zero-order valence-electron chi connectivity index (χ0n) is 11.1. The molecule has 1 amide bonds. The molecule has 2 fully saturated rings. The summed E-state index contributed by atoms with van der Waals surface area (Å²) in [6.45, 7) is 1.99. The lowest BCUT2D eigenvalue weighted by atomic mass is 9.85. The van der Waals surface area contributed by atoms with E-state index in [2.05, 4.69) is 15.5 Å². The highest BCUT2D eigenvalue weighted by Gasteiger charge is 2.25. The Morgan fingerprint density at radius 2 is 2.05 bits per heavy atom. The third-order valence-corrected chi connectivity index (χ3v) is 4.01. The van der Waals surface area contributed by atoms with Gasteiger partial charge in [-0.25, -0.2) is 0 Å². The summed E-state index contributed by atoms with van der Waals surface area (Å²) in [6.07, 6.45) is 6.98. The number of piperidine rings is 1. The van der Waals surface area contributed by atoms with Gasteiger partial charge in [-0.1, -0.05) is 11.6 Å². The Balaban J connectivity index is 1.48. The van der Waals surface area contributed by atoms with E-state index < -0.39 is 0 Å². The van der Waals surface area contributed by atoms with Crippen LogP contribution in [0.2, 0.25) is 0 Å². The molecular weight excluding hydrogens is 244 g/mol. The minimum absolute atomic E-state index is 0.114. The second kappa shape index (κ2) is 5.59. The smallest absolute Gasteiger partial charge is 0.321 e. The zero-order chi connectivity index (χ0) is 13.1. The largest absolute Gasteiger partial charge is 0.341 e. The average molecular weight is 264 g/mol. The van der Waals surface area contributed by atoms with Crippen LogP contribution in [0.3, 0.4) is 0 Å². The van der Waals surface area contributed by atoms with Gasteiger partial charge in [0.15, 0.2) is 5.82 Å². The molecule has 0 aromatic carbocycles. The molecule has 2 aliphatic rings. The quantitative estimate of drug-likeness (QED) is 0.897. The van der Waals surface area contributed by atoms with Gasteiger partial charge in [-0.2, -0.15) is 4.98 Å². The average Bonchev–Trinajstić information content (AvgIpc) is 2.83. The molecule has 19 heavy (non-hydrogen) atoms. The number of hydrogen-bond acceptors (Lipinski definition) is 5. The topological polar surface area (TPSA) is 71.3 Å². The monoisotopic (exact) mass is 264 g/mol. The third kappa shape index (κ3) is 2.88. The van der Waals surface area contributed by atoms with Gasteiger partial charge in [-0.15, -0.1) is 0 Å². The van der Waals surface area contributed by atoms with Crippen LogP contribution in [0, 0.1) is 0 Å². The molecule has 0 bridgehead atoms. The normalized spacial score (nSPS) is 20.1. The fourth-order valence-electron chi connectivity index (χ4n) is 2.55. The molecule has 0 unspecified atom stereocenters. The van der Waals surface area contributed by atoms with Crippen molar-refractivity contribution < 1.29 is 9.32 Å². The first-order valence-corrected chi connectivity index (χ1v) is 7.18. The summed E-state index contributed by atoms with van der Waals surface area (Å²) in [4.78, 5) is 18.1. The van der Waals surface area contributed by atoms with Crippen LogP contribution in [0.4, 0.5) is 6.01 Å². The second-order valence-electron chi connectivity index (χ2n) is 5.38. The number of nitrogens with one attached hydrogen (secondary N) is 1. The van der Waals surface area contributed by atoms with E-state index in [4.69, 9.17) is 4.52 Å². The minimum Gasteiger partial charge on any atom is -0.341 e. The molecular formula is C13H20N4O2. The van der Waals surface area contributed by atoms with Crippen LogP contribution in [0.5, 0.6) is 0 Å². The van der Waals surface area contributed by atoms with E-state index in [-0.39, 0.29) is 12.5 Å². The highest BCUT2D eigenvalue weighted by molar-refractivity contribution is 5.80. The number of nitrogens with zero attached hydrogens (tertiary/aromatic N) is 3. The number of amides is 1. The Kier molecular flexibility index (Phi) is 3.66. The highest BCUT2D eigenvalue weighted by atomic mass is 16.5. The lowest BCUT2D eigenvalue weighted by Crippen LogP contribution is -2.39. The van der Waals surface area contributed by atoms with Crippen LogP contribution in [-0.2, 0) is 4.79 Å². The fourth-order valence-corrected chi connectivity index (χ4v) is 2.55. The molecule has 6 heteroatoms. The van der Waals surface area contributed by atoms with Gasteiger partial charge in [0.25, 0.3) is 0 Å². The van der Waals surface area contributed by atoms with Crippen LogP contribution >= 0.6 is 0 Å². The Labute approximate surface area is 112 Å². The van der Waals surface area contributed by atoms with Crippen molar-refractivity contribution in [2.75, 3.05) is 25.0 Å². The number of rotatable bonds is 4. The first-order chi connectivity index (χ1) is 9.33. The van der Waals surface area contributed by atoms with Crippen molar-refractivity contribution in [3.63, 3.8) is 0 Å². The molecule has 6 nitrogen and oxygen atoms in total. The molecule has 1 aliphatic heterocycles. The molecule has 1 aromatic rings. The van der Waals surface area contributed by atoms with E-state index in [1.807, 2.05) is 4.90 Å². The summed E-state index contributed by atoms with van der Waals surface area (Å²) < 4.78 is 5.12. The maximum Gasteiger partial charge on any atom is 0.321 e. The Hall–Kier alpha value is -1.59. The molecule has 3 rings (SSSR count). The Morgan fingerprint density at radius 3 is 2.74 bits per heavy atom. The van der Waals surface area contributed by atoms with E-state index in [0.717, 1.165) is 44.6 Å².